The summed E-state index contributed by atoms with van der Waals surface area (Å²) in [4.78, 5) is 11.9. The molecule has 1 rings (SSSR count). The van der Waals surface area contributed by atoms with E-state index in [1.807, 2.05) is 32.9 Å². The van der Waals surface area contributed by atoms with E-state index in [1.54, 1.807) is 19.2 Å². The number of Topliss-reactive ketones (excluding diaryl/α,β-unsaturated/α-hetero) is 1. The molecule has 0 saturated heterocycles. The molecule has 0 saturated carbocycles. The van der Waals surface area contributed by atoms with Crippen LogP contribution in [0.5, 0.6) is 5.75 Å². The third kappa shape index (κ3) is 3.66. The van der Waals surface area contributed by atoms with Crippen LogP contribution in [0.1, 0.15) is 31.1 Å². The molecule has 0 aromatic heterocycles. The number of benzene rings is 1. The number of hydrogen-bond donors (Lipinski definition) is 1. The van der Waals surface area contributed by atoms with Crippen molar-refractivity contribution in [3.8, 4) is 5.75 Å². The molecule has 0 spiro atoms. The number of ether oxygens (including phenoxy) is 1. The summed E-state index contributed by atoms with van der Waals surface area (Å²) >= 11 is 0. The highest BCUT2D eigenvalue weighted by molar-refractivity contribution is 6.00. The Hall–Kier alpha value is -1.35. The van der Waals surface area contributed by atoms with Gasteiger partial charge >= 0.3 is 0 Å². The molecule has 1 aromatic rings. The number of methoxy groups -OCH3 is 1. The first kappa shape index (κ1) is 12.7. The standard InChI is InChI=1S/C13H19NO2/c1-13(2,3)14-9-11(15)10-7-5-6-8-12(10)16-4/h5-8,14H,9H2,1-4H3. The summed E-state index contributed by atoms with van der Waals surface area (Å²) in [6.45, 7) is 6.41. The Kier molecular flexibility index (Phi) is 4.07. The zero-order valence-corrected chi connectivity index (χ0v) is 10.3. The van der Waals surface area contributed by atoms with Crippen molar-refractivity contribution in [3.05, 3.63) is 29.8 Å². The largest absolute Gasteiger partial charge is 0.496 e. The van der Waals surface area contributed by atoms with Gasteiger partial charge in [0.1, 0.15) is 5.75 Å². The molecule has 0 aliphatic carbocycles. The van der Waals surface area contributed by atoms with Crippen LogP contribution >= 0.6 is 0 Å². The molecule has 0 unspecified atom stereocenters. The predicted molar refractivity (Wildman–Crippen MR) is 65.1 cm³/mol. The first-order valence-corrected chi connectivity index (χ1v) is 5.35. The van der Waals surface area contributed by atoms with Gasteiger partial charge in [-0.15, -0.1) is 0 Å². The van der Waals surface area contributed by atoms with E-state index in [2.05, 4.69) is 5.32 Å². The van der Waals surface area contributed by atoms with Crippen LogP contribution in [0.4, 0.5) is 0 Å². The van der Waals surface area contributed by atoms with Crippen molar-refractivity contribution in [1.82, 2.24) is 5.32 Å². The number of para-hydroxylation sites is 1. The third-order valence-corrected chi connectivity index (χ3v) is 2.19. The maximum absolute atomic E-state index is 11.9. The van der Waals surface area contributed by atoms with E-state index < -0.39 is 0 Å². The van der Waals surface area contributed by atoms with E-state index in [1.165, 1.54) is 0 Å². The van der Waals surface area contributed by atoms with Crippen molar-refractivity contribution in [2.75, 3.05) is 13.7 Å². The van der Waals surface area contributed by atoms with Crippen LogP contribution in [-0.2, 0) is 0 Å². The summed E-state index contributed by atoms with van der Waals surface area (Å²) in [5.41, 5.74) is 0.569. The first-order valence-electron chi connectivity index (χ1n) is 5.35. The topological polar surface area (TPSA) is 38.3 Å². The second kappa shape index (κ2) is 5.12. The Morgan fingerprint density at radius 1 is 1.31 bits per heavy atom. The van der Waals surface area contributed by atoms with Crippen LogP contribution < -0.4 is 10.1 Å². The first-order chi connectivity index (χ1) is 7.44. The van der Waals surface area contributed by atoms with Gasteiger partial charge in [-0.1, -0.05) is 12.1 Å². The van der Waals surface area contributed by atoms with Gasteiger partial charge in [0.25, 0.3) is 0 Å². The van der Waals surface area contributed by atoms with Crippen LogP contribution in [0.2, 0.25) is 0 Å². The van der Waals surface area contributed by atoms with Gasteiger partial charge in [0.2, 0.25) is 0 Å². The van der Waals surface area contributed by atoms with Crippen molar-refractivity contribution < 1.29 is 9.53 Å². The second-order valence-electron chi connectivity index (χ2n) is 4.73. The zero-order valence-electron chi connectivity index (χ0n) is 10.3. The monoisotopic (exact) mass is 221 g/mol. The molecule has 1 aromatic carbocycles. The molecule has 16 heavy (non-hydrogen) atoms. The van der Waals surface area contributed by atoms with E-state index >= 15 is 0 Å². The van der Waals surface area contributed by atoms with Crippen LogP contribution in [0.3, 0.4) is 0 Å². The van der Waals surface area contributed by atoms with Gasteiger partial charge < -0.3 is 10.1 Å². The Labute approximate surface area is 96.8 Å². The molecule has 0 bridgehead atoms. The fourth-order valence-corrected chi connectivity index (χ4v) is 1.32. The zero-order chi connectivity index (χ0) is 12.2. The number of carbonyl (C=O) groups is 1. The third-order valence-electron chi connectivity index (χ3n) is 2.19. The predicted octanol–water partition coefficient (Wildman–Crippen LogP) is 2.27. The summed E-state index contributed by atoms with van der Waals surface area (Å²) in [6, 6.07) is 7.27. The number of nitrogens with one attached hydrogen (secondary N) is 1. The van der Waals surface area contributed by atoms with Gasteiger partial charge in [-0.2, -0.15) is 0 Å². The van der Waals surface area contributed by atoms with Crippen LogP contribution in [-0.4, -0.2) is 25.0 Å². The van der Waals surface area contributed by atoms with Gasteiger partial charge in [-0.25, -0.2) is 0 Å². The number of hydrogen-bond acceptors (Lipinski definition) is 3. The van der Waals surface area contributed by atoms with Crippen molar-refractivity contribution >= 4 is 5.78 Å². The Morgan fingerprint density at radius 3 is 2.50 bits per heavy atom. The molecular formula is C13H19NO2. The van der Waals surface area contributed by atoms with Crippen LogP contribution in [0.25, 0.3) is 0 Å². The Morgan fingerprint density at radius 2 is 1.94 bits per heavy atom. The van der Waals surface area contributed by atoms with E-state index in [0.29, 0.717) is 17.9 Å². The smallest absolute Gasteiger partial charge is 0.180 e. The fraction of sp³-hybridized carbons (Fsp3) is 0.462. The lowest BCUT2D eigenvalue weighted by Crippen LogP contribution is -2.39. The van der Waals surface area contributed by atoms with E-state index in [-0.39, 0.29) is 11.3 Å². The molecule has 0 heterocycles. The molecule has 3 heteroatoms. The molecule has 0 aliphatic heterocycles. The molecule has 88 valence electrons. The molecule has 0 amide bonds. The fourth-order valence-electron chi connectivity index (χ4n) is 1.32. The lowest BCUT2D eigenvalue weighted by molar-refractivity contribution is 0.0979. The number of carbonyl (C=O) groups excluding carboxylic acids is 1. The van der Waals surface area contributed by atoms with E-state index in [4.69, 9.17) is 4.74 Å². The van der Waals surface area contributed by atoms with Crippen molar-refractivity contribution in [2.45, 2.75) is 26.3 Å². The maximum atomic E-state index is 11.9. The van der Waals surface area contributed by atoms with E-state index in [0.717, 1.165) is 0 Å². The summed E-state index contributed by atoms with van der Waals surface area (Å²) in [5, 5.41) is 3.17. The SMILES string of the molecule is COc1ccccc1C(=O)CNC(C)(C)C. The summed E-state index contributed by atoms with van der Waals surface area (Å²) in [6.07, 6.45) is 0. The number of ketones is 1. The lowest BCUT2D eigenvalue weighted by Gasteiger charge is -2.20. The lowest BCUT2D eigenvalue weighted by atomic mass is 10.1. The highest BCUT2D eigenvalue weighted by Gasteiger charge is 2.15. The highest BCUT2D eigenvalue weighted by atomic mass is 16.5. The minimum atomic E-state index is -0.0579. The summed E-state index contributed by atoms with van der Waals surface area (Å²) in [7, 11) is 1.57. The van der Waals surface area contributed by atoms with Gasteiger partial charge in [0, 0.05) is 5.54 Å². The quantitative estimate of drug-likeness (QED) is 0.793. The van der Waals surface area contributed by atoms with Crippen LogP contribution in [0, 0.1) is 0 Å². The average Bonchev–Trinajstić information content (AvgIpc) is 2.25. The van der Waals surface area contributed by atoms with Gasteiger partial charge in [0.15, 0.2) is 5.78 Å². The normalized spacial score (nSPS) is 11.2. The maximum Gasteiger partial charge on any atom is 0.180 e. The summed E-state index contributed by atoms with van der Waals surface area (Å²) in [5.74, 6) is 0.676. The van der Waals surface area contributed by atoms with Gasteiger partial charge in [-0.3, -0.25) is 4.79 Å². The average molecular weight is 221 g/mol. The molecule has 0 fully saturated rings. The molecular weight excluding hydrogens is 202 g/mol. The highest BCUT2D eigenvalue weighted by Crippen LogP contribution is 2.17. The van der Waals surface area contributed by atoms with Crippen molar-refractivity contribution in [2.24, 2.45) is 0 Å². The van der Waals surface area contributed by atoms with E-state index in [9.17, 15) is 4.79 Å². The van der Waals surface area contributed by atoms with Crippen LogP contribution in [0.15, 0.2) is 24.3 Å². The van der Waals surface area contributed by atoms with Gasteiger partial charge in [-0.05, 0) is 32.9 Å². The van der Waals surface area contributed by atoms with Gasteiger partial charge in [0.05, 0.1) is 19.2 Å². The molecule has 0 atom stereocenters. The minimum absolute atomic E-state index is 0.0485. The number of rotatable bonds is 4. The molecule has 3 nitrogen and oxygen atoms in total. The van der Waals surface area contributed by atoms with Crippen molar-refractivity contribution in [3.63, 3.8) is 0 Å². The minimum Gasteiger partial charge on any atom is -0.496 e. The summed E-state index contributed by atoms with van der Waals surface area (Å²) < 4.78 is 5.15. The Bertz CT molecular complexity index is 366. The molecule has 1 N–H and O–H groups in total. The molecule has 0 aliphatic rings. The molecule has 0 radical (unpaired) electrons. The second-order valence-corrected chi connectivity index (χ2v) is 4.73. The van der Waals surface area contributed by atoms with Crippen molar-refractivity contribution in [1.29, 1.82) is 0 Å². The Balaban J connectivity index is 2.73.